The smallest absolute Gasteiger partial charge is 0.229 e. The second-order valence-corrected chi connectivity index (χ2v) is 4.21. The molecule has 0 saturated carbocycles. The summed E-state index contributed by atoms with van der Waals surface area (Å²) >= 11 is 0. The molecule has 0 saturated heterocycles. The van der Waals surface area contributed by atoms with E-state index in [1.807, 2.05) is 0 Å². The Morgan fingerprint density at radius 3 is 2.50 bits per heavy atom. The highest BCUT2D eigenvalue weighted by Crippen LogP contribution is 2.21. The Kier molecular flexibility index (Phi) is 4.39. The van der Waals surface area contributed by atoms with E-state index in [1.165, 1.54) is 24.8 Å². The van der Waals surface area contributed by atoms with Crippen molar-refractivity contribution in [2.75, 3.05) is 26.1 Å². The van der Waals surface area contributed by atoms with Crippen molar-refractivity contribution in [1.29, 1.82) is 0 Å². The molecule has 1 N–H and O–H groups in total. The summed E-state index contributed by atoms with van der Waals surface area (Å²) < 4.78 is 10.2. The third-order valence-corrected chi connectivity index (χ3v) is 2.96. The topological polar surface area (TPSA) is 56.3 Å². The molecule has 0 aromatic carbocycles. The molecular formula is C13H19N3O2. The molecule has 0 radical (unpaired) electrons. The predicted molar refractivity (Wildman–Crippen MR) is 70.2 cm³/mol. The number of anilines is 1. The average Bonchev–Trinajstić information content (AvgIpc) is 2.91. The summed E-state index contributed by atoms with van der Waals surface area (Å²) in [6, 6.07) is 1.66. The van der Waals surface area contributed by atoms with Crippen LogP contribution in [0.1, 0.15) is 25.7 Å². The van der Waals surface area contributed by atoms with E-state index in [4.69, 9.17) is 9.47 Å². The summed E-state index contributed by atoms with van der Waals surface area (Å²) in [4.78, 5) is 8.44. The van der Waals surface area contributed by atoms with E-state index in [0.717, 1.165) is 13.0 Å². The van der Waals surface area contributed by atoms with Crippen LogP contribution in [0.5, 0.6) is 11.8 Å². The Morgan fingerprint density at radius 1 is 1.22 bits per heavy atom. The molecule has 1 aromatic rings. The molecule has 1 aliphatic rings. The quantitative estimate of drug-likeness (QED) is 0.785. The van der Waals surface area contributed by atoms with Crippen LogP contribution in [0, 0.1) is 0 Å². The van der Waals surface area contributed by atoms with Gasteiger partial charge in [-0.3, -0.25) is 0 Å². The Labute approximate surface area is 107 Å². The van der Waals surface area contributed by atoms with Crippen LogP contribution >= 0.6 is 0 Å². The molecule has 0 spiro atoms. The minimum Gasteiger partial charge on any atom is -0.481 e. The van der Waals surface area contributed by atoms with Crippen molar-refractivity contribution in [2.45, 2.75) is 25.7 Å². The summed E-state index contributed by atoms with van der Waals surface area (Å²) in [6.45, 7) is 0.835. The summed E-state index contributed by atoms with van der Waals surface area (Å²) in [5.41, 5.74) is 1.53. The second kappa shape index (κ2) is 6.23. The molecule has 1 aromatic heterocycles. The molecule has 0 fully saturated rings. The third-order valence-electron chi connectivity index (χ3n) is 2.96. The third kappa shape index (κ3) is 3.35. The molecule has 5 heteroatoms. The average molecular weight is 249 g/mol. The normalized spacial score (nSPS) is 14.2. The lowest BCUT2D eigenvalue weighted by Crippen LogP contribution is -2.07. The van der Waals surface area contributed by atoms with E-state index < -0.39 is 0 Å². The zero-order valence-electron chi connectivity index (χ0n) is 10.9. The van der Waals surface area contributed by atoms with Crippen LogP contribution in [0.15, 0.2) is 17.7 Å². The van der Waals surface area contributed by atoms with Crippen LogP contribution in [0.25, 0.3) is 0 Å². The van der Waals surface area contributed by atoms with Crippen LogP contribution in [0.4, 0.5) is 5.95 Å². The number of rotatable bonds is 6. The largest absolute Gasteiger partial charge is 0.481 e. The van der Waals surface area contributed by atoms with Gasteiger partial charge in [0.2, 0.25) is 17.7 Å². The highest BCUT2D eigenvalue weighted by Gasteiger charge is 2.07. The first-order chi connectivity index (χ1) is 8.81. The van der Waals surface area contributed by atoms with E-state index >= 15 is 0 Å². The Hall–Kier alpha value is -1.78. The minimum absolute atomic E-state index is 0.504. The van der Waals surface area contributed by atoms with Crippen molar-refractivity contribution >= 4 is 5.95 Å². The summed E-state index contributed by atoms with van der Waals surface area (Å²) in [7, 11) is 3.16. The van der Waals surface area contributed by atoms with Crippen LogP contribution in [0.3, 0.4) is 0 Å². The van der Waals surface area contributed by atoms with Gasteiger partial charge >= 0.3 is 0 Å². The molecule has 98 valence electrons. The summed E-state index contributed by atoms with van der Waals surface area (Å²) in [6.07, 6.45) is 7.11. The first kappa shape index (κ1) is 12.7. The number of aromatic nitrogens is 2. The van der Waals surface area contributed by atoms with Gasteiger partial charge < -0.3 is 14.8 Å². The number of methoxy groups -OCH3 is 2. The van der Waals surface area contributed by atoms with Gasteiger partial charge in [0.05, 0.1) is 20.3 Å². The molecule has 0 bridgehead atoms. The zero-order valence-corrected chi connectivity index (χ0v) is 10.9. The van der Waals surface area contributed by atoms with Gasteiger partial charge in [-0.15, -0.1) is 0 Å². The number of nitrogens with one attached hydrogen (secondary N) is 1. The Bertz CT molecular complexity index is 410. The molecule has 0 amide bonds. The maximum absolute atomic E-state index is 5.09. The molecule has 18 heavy (non-hydrogen) atoms. The van der Waals surface area contributed by atoms with E-state index in [1.54, 1.807) is 20.3 Å². The van der Waals surface area contributed by atoms with Crippen LogP contribution in [-0.2, 0) is 0 Å². The molecule has 0 unspecified atom stereocenters. The van der Waals surface area contributed by atoms with Crippen LogP contribution in [0.2, 0.25) is 0 Å². The maximum Gasteiger partial charge on any atom is 0.229 e. The van der Waals surface area contributed by atoms with E-state index in [9.17, 15) is 0 Å². The Balaban J connectivity index is 1.91. The molecule has 0 atom stereocenters. The fourth-order valence-electron chi connectivity index (χ4n) is 1.99. The van der Waals surface area contributed by atoms with Gasteiger partial charge in [-0.1, -0.05) is 11.6 Å². The number of ether oxygens (including phenoxy) is 2. The standard InChI is InChI=1S/C13H19N3O2/c1-17-11-9-12(18-2)16-13(15-11)14-8-7-10-5-3-4-6-10/h5,9H,3-4,6-8H2,1-2H3,(H,14,15,16). The number of allylic oxidation sites excluding steroid dienone is 1. The van der Waals surface area contributed by atoms with Crippen molar-refractivity contribution in [1.82, 2.24) is 9.97 Å². The highest BCUT2D eigenvalue weighted by molar-refractivity contribution is 5.33. The summed E-state index contributed by atoms with van der Waals surface area (Å²) in [5, 5.41) is 3.20. The maximum atomic E-state index is 5.09. The molecule has 5 nitrogen and oxygen atoms in total. The summed E-state index contributed by atoms with van der Waals surface area (Å²) in [5.74, 6) is 1.55. The highest BCUT2D eigenvalue weighted by atomic mass is 16.5. The van der Waals surface area contributed by atoms with Gasteiger partial charge in [0.15, 0.2) is 0 Å². The van der Waals surface area contributed by atoms with Gasteiger partial charge in [-0.2, -0.15) is 9.97 Å². The lowest BCUT2D eigenvalue weighted by Gasteiger charge is -2.08. The van der Waals surface area contributed by atoms with Crippen molar-refractivity contribution in [3.63, 3.8) is 0 Å². The van der Waals surface area contributed by atoms with Crippen molar-refractivity contribution in [3.8, 4) is 11.8 Å². The monoisotopic (exact) mass is 249 g/mol. The van der Waals surface area contributed by atoms with Gasteiger partial charge in [0.1, 0.15) is 0 Å². The van der Waals surface area contributed by atoms with Crippen molar-refractivity contribution < 1.29 is 9.47 Å². The fourth-order valence-corrected chi connectivity index (χ4v) is 1.99. The van der Waals surface area contributed by atoms with Crippen LogP contribution in [-0.4, -0.2) is 30.7 Å². The molecule has 1 heterocycles. The number of hydrogen-bond donors (Lipinski definition) is 1. The van der Waals surface area contributed by atoms with Gasteiger partial charge in [0.25, 0.3) is 0 Å². The van der Waals surface area contributed by atoms with Crippen molar-refractivity contribution in [2.24, 2.45) is 0 Å². The van der Waals surface area contributed by atoms with Gasteiger partial charge in [-0.25, -0.2) is 0 Å². The van der Waals surface area contributed by atoms with Crippen molar-refractivity contribution in [3.05, 3.63) is 17.7 Å². The van der Waals surface area contributed by atoms with Crippen LogP contribution < -0.4 is 14.8 Å². The molecular weight excluding hydrogens is 230 g/mol. The fraction of sp³-hybridized carbons (Fsp3) is 0.538. The molecule has 0 aliphatic heterocycles. The lowest BCUT2D eigenvalue weighted by atomic mass is 10.2. The van der Waals surface area contributed by atoms with E-state index in [2.05, 4.69) is 21.4 Å². The predicted octanol–water partition coefficient (Wildman–Crippen LogP) is 2.41. The van der Waals surface area contributed by atoms with E-state index in [0.29, 0.717) is 17.7 Å². The minimum atomic E-state index is 0.504. The zero-order chi connectivity index (χ0) is 12.8. The second-order valence-electron chi connectivity index (χ2n) is 4.21. The molecule has 1 aliphatic carbocycles. The first-order valence-corrected chi connectivity index (χ1v) is 6.20. The number of nitrogens with zero attached hydrogens (tertiary/aromatic N) is 2. The lowest BCUT2D eigenvalue weighted by molar-refractivity contribution is 0.373. The van der Waals surface area contributed by atoms with Gasteiger partial charge in [0, 0.05) is 6.54 Å². The number of hydrogen-bond acceptors (Lipinski definition) is 5. The van der Waals surface area contributed by atoms with E-state index in [-0.39, 0.29) is 0 Å². The first-order valence-electron chi connectivity index (χ1n) is 6.20. The Morgan fingerprint density at radius 2 is 1.94 bits per heavy atom. The SMILES string of the molecule is COc1cc(OC)nc(NCCC2=CCCC2)n1. The van der Waals surface area contributed by atoms with Gasteiger partial charge in [-0.05, 0) is 25.7 Å². The molecule has 2 rings (SSSR count).